The summed E-state index contributed by atoms with van der Waals surface area (Å²) >= 11 is 0. The van der Waals surface area contributed by atoms with Gasteiger partial charge in [0.15, 0.2) is 0 Å². The van der Waals surface area contributed by atoms with Crippen molar-refractivity contribution < 1.29 is 53.4 Å². The standard InChI is InChI=1S/C50H88N14O11/c1-6-7-8-9-13-16-34(65)29-41(66)56-38(20-25-54)46(71)62-50(75)21-26-55-42(67)39(27-31(2)3)58-43(68)35(17-22-51)57-45(70)37(19-24-53)61-49(74)64(30-32(4)5)63-47(72)40(28-33-14-11-10-12-15-33)59-44(69)36(18-23-52)60-48(50)73/h10-12,14-15,31-32,34-40,65,75H,6-9,13,16-30,51-54H2,1-5H3,(H,55,67)(H,56,66)(H,57,70)(H,58,68)(H,59,69)(H,60,73)(H,61,74)(H,62,71)(H,63,72)/t34-,35+,36+,37+,38-,39+,40-,50+/m1/s1. The number of aliphatic hydroxyl groups is 2. The molecule has 1 aliphatic heterocycles. The molecule has 25 nitrogen and oxygen atoms in total. The van der Waals surface area contributed by atoms with E-state index in [0.717, 1.165) is 30.7 Å². The summed E-state index contributed by atoms with van der Waals surface area (Å²) in [6.07, 6.45) is 2.17. The third-order valence-electron chi connectivity index (χ3n) is 12.2. The van der Waals surface area contributed by atoms with E-state index in [-0.39, 0.29) is 89.5 Å². The lowest BCUT2D eigenvalue weighted by molar-refractivity contribution is -0.153. The van der Waals surface area contributed by atoms with Gasteiger partial charge in [-0.25, -0.2) is 9.80 Å². The molecular formula is C50H88N14O11. The Hall–Kier alpha value is -5.99. The van der Waals surface area contributed by atoms with Gasteiger partial charge < -0.3 is 75.7 Å². The summed E-state index contributed by atoms with van der Waals surface area (Å²) in [4.78, 5) is 126. The number of benzene rings is 1. The molecule has 1 heterocycles. The van der Waals surface area contributed by atoms with Crippen LogP contribution in [0.15, 0.2) is 30.3 Å². The third kappa shape index (κ3) is 24.0. The average Bonchev–Trinajstić information content (AvgIpc) is 3.34. The lowest BCUT2D eigenvalue weighted by atomic mass is 10.0. The molecule has 19 N–H and O–H groups in total. The molecule has 0 bridgehead atoms. The lowest BCUT2D eigenvalue weighted by Crippen LogP contribution is -2.66. The van der Waals surface area contributed by atoms with Crippen LogP contribution in [-0.4, -0.2) is 156 Å². The number of nitrogens with zero attached hydrogens (tertiary/aromatic N) is 1. The van der Waals surface area contributed by atoms with Gasteiger partial charge in [0.25, 0.3) is 11.8 Å². The Bertz CT molecular complexity index is 1980. The van der Waals surface area contributed by atoms with Crippen molar-refractivity contribution in [2.24, 2.45) is 34.8 Å². The number of nitrogens with two attached hydrogens (primary N) is 4. The molecule has 75 heavy (non-hydrogen) atoms. The summed E-state index contributed by atoms with van der Waals surface area (Å²) in [7, 11) is 0. The van der Waals surface area contributed by atoms with Crippen LogP contribution in [0.1, 0.15) is 124 Å². The smallest absolute Gasteiger partial charge is 0.336 e. The molecule has 10 amide bonds. The minimum absolute atomic E-state index is 0.0702. The van der Waals surface area contributed by atoms with Crippen molar-refractivity contribution in [2.45, 2.75) is 173 Å². The van der Waals surface area contributed by atoms with Gasteiger partial charge in [0.2, 0.25) is 41.2 Å². The summed E-state index contributed by atoms with van der Waals surface area (Å²) in [6, 6.07) is -0.731. The van der Waals surface area contributed by atoms with Gasteiger partial charge in [-0.1, -0.05) is 97.1 Å². The van der Waals surface area contributed by atoms with Crippen LogP contribution >= 0.6 is 0 Å². The maximum atomic E-state index is 14.5. The second-order valence-corrected chi connectivity index (χ2v) is 19.9. The number of amides is 10. The summed E-state index contributed by atoms with van der Waals surface area (Å²) in [5.74, 6) is -7.82. The molecule has 424 valence electrons. The van der Waals surface area contributed by atoms with E-state index in [0.29, 0.717) is 18.4 Å². The minimum Gasteiger partial charge on any atom is -0.393 e. The SMILES string of the molecule is CCCCCCC[C@@H](O)CC(=O)N[C@H](CCN)C(=O)N[C@]1(O)CCNC(=O)[C@H](CC(C)C)NC(=O)[C@H](CCN)NC(=O)[C@H](CCN)NC(=O)N(CC(C)C)NC(=O)[C@@H](Cc2ccccc2)NC(=O)[C@H](CCN)NC1=O. The number of hydrogen-bond acceptors (Lipinski definition) is 15. The zero-order valence-corrected chi connectivity index (χ0v) is 44.6. The Balaban J connectivity index is 2.73. The van der Waals surface area contributed by atoms with Crippen LogP contribution in [0.2, 0.25) is 0 Å². The molecule has 0 spiro atoms. The van der Waals surface area contributed by atoms with Crippen molar-refractivity contribution in [1.29, 1.82) is 0 Å². The number of carbonyl (C=O) groups excluding carboxylic acids is 9. The van der Waals surface area contributed by atoms with Gasteiger partial charge in [-0.2, -0.15) is 0 Å². The maximum absolute atomic E-state index is 14.5. The summed E-state index contributed by atoms with van der Waals surface area (Å²) in [6.45, 7) is 8.04. The van der Waals surface area contributed by atoms with Crippen molar-refractivity contribution in [3.63, 3.8) is 0 Å². The van der Waals surface area contributed by atoms with Crippen molar-refractivity contribution in [3.05, 3.63) is 35.9 Å². The maximum Gasteiger partial charge on any atom is 0.336 e. The van der Waals surface area contributed by atoms with Crippen LogP contribution in [0, 0.1) is 11.8 Å². The van der Waals surface area contributed by atoms with E-state index in [9.17, 15) is 53.4 Å². The quantitative estimate of drug-likeness (QED) is 0.0359. The van der Waals surface area contributed by atoms with Gasteiger partial charge >= 0.3 is 6.03 Å². The molecule has 1 saturated heterocycles. The minimum atomic E-state index is -2.94. The van der Waals surface area contributed by atoms with Gasteiger partial charge in [0.05, 0.1) is 12.5 Å². The van der Waals surface area contributed by atoms with Crippen LogP contribution in [-0.2, 0) is 44.8 Å². The predicted octanol–water partition coefficient (Wildman–Crippen LogP) is -2.40. The van der Waals surface area contributed by atoms with E-state index in [1.54, 1.807) is 58.0 Å². The largest absolute Gasteiger partial charge is 0.393 e. The zero-order chi connectivity index (χ0) is 56.1. The van der Waals surface area contributed by atoms with Gasteiger partial charge in [0, 0.05) is 25.9 Å². The summed E-state index contributed by atoms with van der Waals surface area (Å²) < 4.78 is 0. The first-order chi connectivity index (χ1) is 35.6. The van der Waals surface area contributed by atoms with E-state index in [2.05, 4.69) is 54.9 Å². The molecule has 1 aromatic rings. The fourth-order valence-electron chi connectivity index (χ4n) is 8.15. The highest BCUT2D eigenvalue weighted by Crippen LogP contribution is 2.14. The molecule has 0 saturated carbocycles. The van der Waals surface area contributed by atoms with Crippen LogP contribution < -0.4 is 70.9 Å². The highest BCUT2D eigenvalue weighted by molar-refractivity contribution is 5.98. The van der Waals surface area contributed by atoms with Gasteiger partial charge in [-0.15, -0.1) is 0 Å². The van der Waals surface area contributed by atoms with E-state index in [1.165, 1.54) is 0 Å². The zero-order valence-electron chi connectivity index (χ0n) is 44.6. The Labute approximate surface area is 441 Å². The van der Waals surface area contributed by atoms with E-state index < -0.39 is 114 Å². The molecule has 2 rings (SSSR count). The summed E-state index contributed by atoms with van der Waals surface area (Å²) in [5.41, 5.74) is 23.7. The molecule has 0 unspecified atom stereocenters. The highest BCUT2D eigenvalue weighted by Gasteiger charge is 2.42. The normalized spacial score (nSPS) is 22.9. The fraction of sp³-hybridized carbons (Fsp3) is 0.700. The number of hydrazine groups is 1. The van der Waals surface area contributed by atoms with Crippen molar-refractivity contribution in [1.82, 2.24) is 53.0 Å². The van der Waals surface area contributed by atoms with E-state index in [4.69, 9.17) is 22.9 Å². The van der Waals surface area contributed by atoms with Gasteiger partial charge in [-0.05, 0) is 82.1 Å². The Morgan fingerprint density at radius 1 is 0.693 bits per heavy atom. The van der Waals surface area contributed by atoms with E-state index in [1.807, 2.05) is 0 Å². The number of nitrogens with one attached hydrogen (secondary N) is 9. The predicted molar refractivity (Wildman–Crippen MR) is 281 cm³/mol. The highest BCUT2D eigenvalue weighted by atomic mass is 16.3. The monoisotopic (exact) mass is 1060 g/mol. The first-order valence-electron chi connectivity index (χ1n) is 26.4. The molecule has 0 radical (unpaired) electrons. The first-order valence-corrected chi connectivity index (χ1v) is 26.4. The molecule has 8 atom stereocenters. The van der Waals surface area contributed by atoms with Crippen LogP contribution in [0.25, 0.3) is 0 Å². The van der Waals surface area contributed by atoms with Gasteiger partial charge in [0.1, 0.15) is 36.3 Å². The molecule has 1 aromatic carbocycles. The second kappa shape index (κ2) is 34.6. The third-order valence-corrected chi connectivity index (χ3v) is 12.2. The van der Waals surface area contributed by atoms with Crippen LogP contribution in [0.4, 0.5) is 4.79 Å². The molecule has 25 heteroatoms. The molecule has 1 fully saturated rings. The molecule has 1 aliphatic rings. The van der Waals surface area contributed by atoms with Crippen LogP contribution in [0.5, 0.6) is 0 Å². The molecule has 0 aromatic heterocycles. The van der Waals surface area contributed by atoms with Crippen molar-refractivity contribution in [2.75, 3.05) is 39.3 Å². The number of unbranched alkanes of at least 4 members (excludes halogenated alkanes) is 4. The summed E-state index contributed by atoms with van der Waals surface area (Å²) in [5, 5.41) is 44.0. The second-order valence-electron chi connectivity index (χ2n) is 19.9. The average molecular weight is 1060 g/mol. The number of rotatable bonds is 25. The first kappa shape index (κ1) is 65.1. The number of urea groups is 1. The molecular weight excluding hydrogens is 973 g/mol. The van der Waals surface area contributed by atoms with Crippen LogP contribution in [0.3, 0.4) is 0 Å². The number of hydrogen-bond donors (Lipinski definition) is 15. The fourth-order valence-corrected chi connectivity index (χ4v) is 8.15. The number of carbonyl (C=O) groups is 9. The van der Waals surface area contributed by atoms with Crippen molar-refractivity contribution in [3.8, 4) is 0 Å². The number of aliphatic hydroxyl groups excluding tert-OH is 1. The Kier molecular flexibility index (Phi) is 30.0. The Morgan fingerprint density at radius 2 is 1.25 bits per heavy atom. The lowest BCUT2D eigenvalue weighted by Gasteiger charge is -2.32. The topological polar surface area (TPSA) is 410 Å². The van der Waals surface area contributed by atoms with Crippen molar-refractivity contribution >= 4 is 53.3 Å². The Morgan fingerprint density at radius 3 is 1.81 bits per heavy atom. The van der Waals surface area contributed by atoms with Gasteiger partial charge in [-0.3, -0.25) is 43.8 Å². The molecule has 0 aliphatic carbocycles. The van der Waals surface area contributed by atoms with E-state index >= 15 is 0 Å².